The van der Waals surface area contributed by atoms with Crippen molar-refractivity contribution in [3.8, 4) is 0 Å². The minimum atomic E-state index is 0.0333. The van der Waals surface area contributed by atoms with E-state index in [2.05, 4.69) is 36.0 Å². The highest BCUT2D eigenvalue weighted by Gasteiger charge is 2.34. The second kappa shape index (κ2) is 4.14. The third-order valence-corrected chi connectivity index (χ3v) is 3.66. The van der Waals surface area contributed by atoms with Gasteiger partial charge in [0.2, 0.25) is 0 Å². The zero-order valence-electron chi connectivity index (χ0n) is 10.9. The van der Waals surface area contributed by atoms with Crippen LogP contribution in [-0.2, 0) is 0 Å². The molecule has 0 spiro atoms. The molecule has 2 heterocycles. The molecule has 0 bridgehead atoms. The van der Waals surface area contributed by atoms with Crippen LogP contribution < -0.4 is 0 Å². The minimum Gasteiger partial charge on any atom is -0.335 e. The van der Waals surface area contributed by atoms with Gasteiger partial charge in [0, 0.05) is 30.9 Å². The van der Waals surface area contributed by atoms with E-state index in [0.29, 0.717) is 5.56 Å². The topological polar surface area (TPSA) is 52.2 Å². The van der Waals surface area contributed by atoms with Crippen LogP contribution in [0.3, 0.4) is 0 Å². The van der Waals surface area contributed by atoms with Crippen molar-refractivity contribution in [3.63, 3.8) is 0 Å². The predicted molar refractivity (Wildman–Crippen MR) is 65.9 cm³/mol. The third kappa shape index (κ3) is 2.20. The standard InChI is InChI=1S/C12H20N4O/c1-9-10(7-13-14-9)11(17)16-6-5-15(4)12(2,3)8-16/h7H,5-6,8H2,1-4H3,(H,13,14). The molecular weight excluding hydrogens is 216 g/mol. The Morgan fingerprint density at radius 3 is 2.71 bits per heavy atom. The zero-order chi connectivity index (χ0) is 12.6. The summed E-state index contributed by atoms with van der Waals surface area (Å²) in [5.74, 6) is 0.0809. The first kappa shape index (κ1) is 12.1. The van der Waals surface area contributed by atoms with Crippen molar-refractivity contribution < 1.29 is 4.79 Å². The van der Waals surface area contributed by atoms with Crippen molar-refractivity contribution in [2.24, 2.45) is 0 Å². The molecule has 0 saturated carbocycles. The van der Waals surface area contributed by atoms with Gasteiger partial charge in [0.1, 0.15) is 0 Å². The molecule has 17 heavy (non-hydrogen) atoms. The number of carbonyl (C=O) groups is 1. The van der Waals surface area contributed by atoms with Gasteiger partial charge < -0.3 is 4.90 Å². The quantitative estimate of drug-likeness (QED) is 0.787. The number of likely N-dealkylation sites (N-methyl/N-ethyl adjacent to an activating group) is 1. The van der Waals surface area contributed by atoms with Crippen molar-refractivity contribution in [2.45, 2.75) is 26.3 Å². The summed E-state index contributed by atoms with van der Waals surface area (Å²) in [5.41, 5.74) is 1.56. The number of nitrogens with zero attached hydrogens (tertiary/aromatic N) is 3. The fourth-order valence-electron chi connectivity index (χ4n) is 2.15. The second-order valence-electron chi connectivity index (χ2n) is 5.37. The maximum absolute atomic E-state index is 12.3. The molecule has 1 aliphatic rings. The van der Waals surface area contributed by atoms with Gasteiger partial charge in [-0.15, -0.1) is 0 Å². The van der Waals surface area contributed by atoms with E-state index in [0.717, 1.165) is 25.3 Å². The van der Waals surface area contributed by atoms with Crippen LogP contribution in [0.25, 0.3) is 0 Å². The van der Waals surface area contributed by atoms with E-state index >= 15 is 0 Å². The molecular formula is C12H20N4O. The van der Waals surface area contributed by atoms with Gasteiger partial charge >= 0.3 is 0 Å². The Hall–Kier alpha value is -1.36. The van der Waals surface area contributed by atoms with Gasteiger partial charge in [-0.3, -0.25) is 14.8 Å². The number of aromatic nitrogens is 2. The number of nitrogens with one attached hydrogen (secondary N) is 1. The lowest BCUT2D eigenvalue weighted by Gasteiger charge is -2.45. The predicted octanol–water partition coefficient (Wildman–Crippen LogP) is 0.884. The average molecular weight is 236 g/mol. The molecule has 1 aromatic rings. The van der Waals surface area contributed by atoms with E-state index in [4.69, 9.17) is 0 Å². The molecule has 0 aromatic carbocycles. The molecule has 1 saturated heterocycles. The molecule has 0 unspecified atom stereocenters. The van der Waals surface area contributed by atoms with E-state index in [-0.39, 0.29) is 11.4 Å². The SMILES string of the molecule is Cc1[nH]ncc1C(=O)N1CCN(C)C(C)(C)C1. The smallest absolute Gasteiger partial charge is 0.257 e. The van der Waals surface area contributed by atoms with E-state index < -0.39 is 0 Å². The first-order valence-electron chi connectivity index (χ1n) is 5.92. The molecule has 94 valence electrons. The Morgan fingerprint density at radius 2 is 2.18 bits per heavy atom. The summed E-state index contributed by atoms with van der Waals surface area (Å²) in [6.45, 7) is 8.65. The number of hydrogen-bond acceptors (Lipinski definition) is 3. The Balaban J connectivity index is 2.15. The van der Waals surface area contributed by atoms with Gasteiger partial charge in [0.15, 0.2) is 0 Å². The van der Waals surface area contributed by atoms with E-state index in [1.807, 2.05) is 11.8 Å². The van der Waals surface area contributed by atoms with Gasteiger partial charge in [0.25, 0.3) is 5.91 Å². The number of rotatable bonds is 1. The Morgan fingerprint density at radius 1 is 1.47 bits per heavy atom. The minimum absolute atomic E-state index is 0.0333. The van der Waals surface area contributed by atoms with Crippen molar-refractivity contribution in [1.82, 2.24) is 20.0 Å². The molecule has 0 aliphatic carbocycles. The molecule has 5 nitrogen and oxygen atoms in total. The molecule has 1 aromatic heterocycles. The lowest BCUT2D eigenvalue weighted by Crippen LogP contribution is -2.58. The summed E-state index contributed by atoms with van der Waals surface area (Å²) in [6.07, 6.45) is 1.61. The number of aryl methyl sites for hydroxylation is 1. The highest BCUT2D eigenvalue weighted by atomic mass is 16.2. The van der Waals surface area contributed by atoms with Crippen LogP contribution in [0.2, 0.25) is 0 Å². The molecule has 0 radical (unpaired) electrons. The second-order valence-corrected chi connectivity index (χ2v) is 5.37. The van der Waals surface area contributed by atoms with Crippen LogP contribution in [0.15, 0.2) is 6.20 Å². The van der Waals surface area contributed by atoms with Gasteiger partial charge in [-0.05, 0) is 27.8 Å². The van der Waals surface area contributed by atoms with Crippen LogP contribution in [0.1, 0.15) is 29.9 Å². The molecule has 1 fully saturated rings. The first-order valence-corrected chi connectivity index (χ1v) is 5.92. The van der Waals surface area contributed by atoms with E-state index in [9.17, 15) is 4.79 Å². The highest BCUT2D eigenvalue weighted by molar-refractivity contribution is 5.95. The Kier molecular flexibility index (Phi) is 2.95. The van der Waals surface area contributed by atoms with Crippen molar-refractivity contribution in [2.75, 3.05) is 26.7 Å². The normalized spacial score (nSPS) is 20.6. The third-order valence-electron chi connectivity index (χ3n) is 3.66. The number of carbonyl (C=O) groups excluding carboxylic acids is 1. The van der Waals surface area contributed by atoms with Gasteiger partial charge in [-0.2, -0.15) is 5.10 Å². The van der Waals surface area contributed by atoms with E-state index in [1.165, 1.54) is 0 Å². The fraction of sp³-hybridized carbons (Fsp3) is 0.667. The van der Waals surface area contributed by atoms with Crippen molar-refractivity contribution in [1.29, 1.82) is 0 Å². The van der Waals surface area contributed by atoms with Gasteiger partial charge in [0.05, 0.1) is 11.8 Å². The number of amides is 1. The van der Waals surface area contributed by atoms with Crippen LogP contribution in [-0.4, -0.2) is 58.1 Å². The average Bonchev–Trinajstić information content (AvgIpc) is 2.67. The Labute approximate surface area is 102 Å². The van der Waals surface area contributed by atoms with Crippen LogP contribution in [0.5, 0.6) is 0 Å². The first-order chi connectivity index (χ1) is 7.92. The lowest BCUT2D eigenvalue weighted by molar-refractivity contribution is 0.0311. The van der Waals surface area contributed by atoms with Crippen LogP contribution in [0, 0.1) is 6.92 Å². The van der Waals surface area contributed by atoms with Crippen LogP contribution >= 0.6 is 0 Å². The zero-order valence-corrected chi connectivity index (χ0v) is 10.9. The maximum Gasteiger partial charge on any atom is 0.257 e. The number of H-pyrrole nitrogens is 1. The molecule has 2 rings (SSSR count). The van der Waals surface area contributed by atoms with Gasteiger partial charge in [-0.1, -0.05) is 0 Å². The molecule has 1 aliphatic heterocycles. The number of piperazine rings is 1. The summed E-state index contributed by atoms with van der Waals surface area (Å²) < 4.78 is 0. The monoisotopic (exact) mass is 236 g/mol. The molecule has 0 atom stereocenters. The fourth-order valence-corrected chi connectivity index (χ4v) is 2.15. The molecule has 5 heteroatoms. The summed E-state index contributed by atoms with van der Waals surface area (Å²) in [4.78, 5) is 16.5. The summed E-state index contributed by atoms with van der Waals surface area (Å²) >= 11 is 0. The summed E-state index contributed by atoms with van der Waals surface area (Å²) in [6, 6.07) is 0. The number of aromatic amines is 1. The molecule has 1 amide bonds. The lowest BCUT2D eigenvalue weighted by atomic mass is 9.99. The van der Waals surface area contributed by atoms with Gasteiger partial charge in [-0.25, -0.2) is 0 Å². The maximum atomic E-state index is 12.3. The van der Waals surface area contributed by atoms with Crippen LogP contribution in [0.4, 0.5) is 0 Å². The van der Waals surface area contributed by atoms with E-state index in [1.54, 1.807) is 6.20 Å². The summed E-state index contributed by atoms with van der Waals surface area (Å²) in [5, 5.41) is 6.72. The largest absolute Gasteiger partial charge is 0.335 e. The number of hydrogen-bond donors (Lipinski definition) is 1. The molecule has 1 N–H and O–H groups in total. The van der Waals surface area contributed by atoms with Crippen molar-refractivity contribution in [3.05, 3.63) is 17.5 Å². The highest BCUT2D eigenvalue weighted by Crippen LogP contribution is 2.20. The Bertz CT molecular complexity index is 424. The summed E-state index contributed by atoms with van der Waals surface area (Å²) in [7, 11) is 2.10. The van der Waals surface area contributed by atoms with Crippen molar-refractivity contribution >= 4 is 5.91 Å².